The third-order valence-electron chi connectivity index (χ3n) is 4.93. The Kier molecular flexibility index (Phi) is 2.32. The predicted octanol–water partition coefficient (Wildman–Crippen LogP) is 2.02. The van der Waals surface area contributed by atoms with Crippen LogP contribution in [0.3, 0.4) is 0 Å². The highest BCUT2D eigenvalue weighted by Crippen LogP contribution is 2.65. The number of rotatable bonds is 1. The molecule has 4 rings (SSSR count). The summed E-state index contributed by atoms with van der Waals surface area (Å²) in [4.78, 5) is 22.9. The third-order valence-corrected chi connectivity index (χ3v) is 4.93. The van der Waals surface area contributed by atoms with Crippen LogP contribution in [0.1, 0.15) is 32.1 Å². The number of amides is 2. The van der Waals surface area contributed by atoms with Crippen molar-refractivity contribution in [3.8, 4) is 0 Å². The summed E-state index contributed by atoms with van der Waals surface area (Å²) in [6.45, 7) is 0. The maximum absolute atomic E-state index is 12.2. The summed E-state index contributed by atoms with van der Waals surface area (Å²) in [5.74, 6) is -1.71. The molecule has 0 aromatic carbocycles. The van der Waals surface area contributed by atoms with Crippen LogP contribution in [-0.4, -0.2) is 18.0 Å². The second-order valence-corrected chi connectivity index (χ2v) is 5.98. The summed E-state index contributed by atoms with van der Waals surface area (Å²) in [7, 11) is 0. The summed E-state index contributed by atoms with van der Waals surface area (Å²) in [6, 6.07) is 0. The van der Waals surface area contributed by atoms with Crippen molar-refractivity contribution in [3.63, 3.8) is 0 Å². The molecule has 4 fully saturated rings. The van der Waals surface area contributed by atoms with Crippen molar-refractivity contribution < 1.29 is 22.8 Å². The summed E-state index contributed by atoms with van der Waals surface area (Å²) in [6.07, 6.45) is -0.703. The fourth-order valence-electron chi connectivity index (χ4n) is 4.47. The molecule has 0 aliphatic heterocycles. The lowest BCUT2D eigenvalue weighted by atomic mass is 9.75. The zero-order chi connectivity index (χ0) is 13.1. The lowest BCUT2D eigenvalue weighted by molar-refractivity contribution is -0.176. The summed E-state index contributed by atoms with van der Waals surface area (Å²) in [5.41, 5.74) is -0.686. The average Bonchev–Trinajstić information content (AvgIpc) is 2.63. The van der Waals surface area contributed by atoms with Gasteiger partial charge in [0.25, 0.3) is 0 Å². The quantitative estimate of drug-likeness (QED) is 0.785. The molecule has 4 aliphatic carbocycles. The Labute approximate surface area is 102 Å². The highest BCUT2D eigenvalue weighted by atomic mass is 19.4. The van der Waals surface area contributed by atoms with Crippen LogP contribution < -0.4 is 5.32 Å². The van der Waals surface area contributed by atoms with E-state index < -0.39 is 23.4 Å². The first kappa shape index (κ1) is 12.0. The van der Waals surface area contributed by atoms with Gasteiger partial charge in [0, 0.05) is 0 Å². The van der Waals surface area contributed by atoms with Crippen LogP contribution in [0.5, 0.6) is 0 Å². The van der Waals surface area contributed by atoms with Crippen molar-refractivity contribution in [1.29, 1.82) is 0 Å². The van der Waals surface area contributed by atoms with Gasteiger partial charge >= 0.3 is 12.1 Å². The van der Waals surface area contributed by atoms with E-state index in [1.165, 1.54) is 0 Å². The van der Waals surface area contributed by atoms with E-state index in [0.29, 0.717) is 24.7 Å². The second kappa shape index (κ2) is 3.48. The number of halogens is 3. The Bertz CT molecular complexity index is 404. The van der Waals surface area contributed by atoms with Crippen LogP contribution >= 0.6 is 0 Å². The number of nitrogens with one attached hydrogen (secondary N) is 1. The van der Waals surface area contributed by atoms with Crippen molar-refractivity contribution in [2.24, 2.45) is 23.2 Å². The van der Waals surface area contributed by atoms with E-state index in [1.54, 1.807) is 5.32 Å². The zero-order valence-electron chi connectivity index (χ0n) is 9.72. The monoisotopic (exact) mass is 261 g/mol. The van der Waals surface area contributed by atoms with Crippen molar-refractivity contribution in [1.82, 2.24) is 5.32 Å². The number of carbonyl (C=O) groups excluding carboxylic acids is 2. The van der Waals surface area contributed by atoms with Crippen molar-refractivity contribution in [2.45, 2.75) is 38.3 Å². The van der Waals surface area contributed by atoms with Gasteiger partial charge in [0.1, 0.15) is 0 Å². The Hall–Kier alpha value is -1.07. The molecular weight excluding hydrogens is 247 g/mol. The van der Waals surface area contributed by atoms with Gasteiger partial charge in [0.2, 0.25) is 5.91 Å². The van der Waals surface area contributed by atoms with Gasteiger partial charge in [-0.1, -0.05) is 0 Å². The first-order valence-electron chi connectivity index (χ1n) is 6.24. The van der Waals surface area contributed by atoms with E-state index in [4.69, 9.17) is 0 Å². The van der Waals surface area contributed by atoms with Gasteiger partial charge in [-0.05, 0) is 49.9 Å². The summed E-state index contributed by atoms with van der Waals surface area (Å²) < 4.78 is 36.5. The highest BCUT2D eigenvalue weighted by Gasteiger charge is 2.62. The molecule has 6 heteroatoms. The predicted molar refractivity (Wildman–Crippen MR) is 55.2 cm³/mol. The normalized spacial score (nSPS) is 41.2. The van der Waals surface area contributed by atoms with Gasteiger partial charge in [-0.15, -0.1) is 0 Å². The average molecular weight is 261 g/mol. The number of hydrogen-bond acceptors (Lipinski definition) is 2. The van der Waals surface area contributed by atoms with Crippen molar-refractivity contribution >= 4 is 11.8 Å². The molecule has 4 saturated carbocycles. The van der Waals surface area contributed by atoms with Crippen molar-refractivity contribution in [2.75, 3.05) is 0 Å². The Balaban J connectivity index is 1.76. The van der Waals surface area contributed by atoms with E-state index in [2.05, 4.69) is 0 Å². The molecule has 4 aliphatic rings. The summed E-state index contributed by atoms with van der Waals surface area (Å²) >= 11 is 0. The third kappa shape index (κ3) is 1.57. The maximum Gasteiger partial charge on any atom is 0.471 e. The Morgan fingerprint density at radius 2 is 1.61 bits per heavy atom. The largest absolute Gasteiger partial charge is 0.471 e. The lowest BCUT2D eigenvalue weighted by Crippen LogP contribution is -2.48. The molecule has 0 heterocycles. The van der Waals surface area contributed by atoms with E-state index in [9.17, 15) is 22.8 Å². The topological polar surface area (TPSA) is 46.2 Å². The first-order chi connectivity index (χ1) is 8.31. The van der Waals surface area contributed by atoms with E-state index in [1.807, 2.05) is 0 Å². The second-order valence-electron chi connectivity index (χ2n) is 5.98. The number of alkyl halides is 3. The fourth-order valence-corrected chi connectivity index (χ4v) is 4.47. The van der Waals surface area contributed by atoms with Gasteiger partial charge in [0.05, 0.1) is 5.41 Å². The van der Waals surface area contributed by atoms with Crippen LogP contribution in [0, 0.1) is 23.2 Å². The molecule has 3 nitrogen and oxygen atoms in total. The minimum atomic E-state index is -4.98. The molecule has 2 amide bonds. The lowest BCUT2D eigenvalue weighted by Gasteiger charge is -2.31. The summed E-state index contributed by atoms with van der Waals surface area (Å²) in [5, 5.41) is 1.56. The standard InChI is InChI=1S/C12H14F3NO2/c13-12(14,15)10(18)16-9(17)11-4-6-1-7(5-11)3-8(11)2-6/h6-8H,1-5H2,(H,16,17,18). The molecule has 0 aromatic heterocycles. The highest BCUT2D eigenvalue weighted by molar-refractivity contribution is 6.00. The Morgan fingerprint density at radius 1 is 1.06 bits per heavy atom. The zero-order valence-corrected chi connectivity index (χ0v) is 9.72. The van der Waals surface area contributed by atoms with E-state index in [-0.39, 0.29) is 5.92 Å². The van der Waals surface area contributed by atoms with Crippen LogP contribution in [0.15, 0.2) is 0 Å². The number of imide groups is 1. The molecule has 0 saturated heterocycles. The molecular formula is C12H14F3NO2. The molecule has 2 atom stereocenters. The minimum absolute atomic E-state index is 0.183. The van der Waals surface area contributed by atoms with Gasteiger partial charge in [0.15, 0.2) is 0 Å². The maximum atomic E-state index is 12.2. The smallest absolute Gasteiger partial charge is 0.288 e. The number of hydrogen-bond donors (Lipinski definition) is 1. The van der Waals surface area contributed by atoms with Gasteiger partial charge in [-0.25, -0.2) is 0 Å². The van der Waals surface area contributed by atoms with E-state index >= 15 is 0 Å². The van der Waals surface area contributed by atoms with Gasteiger partial charge in [-0.3, -0.25) is 14.9 Å². The minimum Gasteiger partial charge on any atom is -0.288 e. The van der Waals surface area contributed by atoms with Crippen molar-refractivity contribution in [3.05, 3.63) is 0 Å². The molecule has 18 heavy (non-hydrogen) atoms. The Morgan fingerprint density at radius 3 is 2.11 bits per heavy atom. The van der Waals surface area contributed by atoms with Gasteiger partial charge in [-0.2, -0.15) is 13.2 Å². The molecule has 0 spiro atoms. The molecule has 2 unspecified atom stereocenters. The number of carbonyl (C=O) groups is 2. The van der Waals surface area contributed by atoms with Crippen LogP contribution in [0.2, 0.25) is 0 Å². The molecule has 1 N–H and O–H groups in total. The van der Waals surface area contributed by atoms with Gasteiger partial charge < -0.3 is 0 Å². The SMILES string of the molecule is O=C(NC(=O)C12CC3CC(CC1C3)C2)C(F)(F)F. The van der Waals surface area contributed by atoms with Crippen LogP contribution in [-0.2, 0) is 9.59 Å². The first-order valence-corrected chi connectivity index (χ1v) is 6.24. The molecule has 4 bridgehead atoms. The molecule has 0 radical (unpaired) electrons. The van der Waals surface area contributed by atoms with Crippen LogP contribution in [0.4, 0.5) is 13.2 Å². The molecule has 0 aromatic rings. The molecule has 100 valence electrons. The van der Waals surface area contributed by atoms with E-state index in [0.717, 1.165) is 19.3 Å². The fraction of sp³-hybridized carbons (Fsp3) is 0.833. The van der Waals surface area contributed by atoms with Crippen LogP contribution in [0.25, 0.3) is 0 Å².